The Hall–Kier alpha value is 4.85. The van der Waals surface area contributed by atoms with E-state index in [2.05, 4.69) is 13.8 Å². The normalized spacial score (nSPS) is 9.00. The second kappa shape index (κ2) is 39.3. The fourth-order valence-electron chi connectivity index (χ4n) is 2.62. The average Bonchev–Trinajstić information content (AvgIpc) is 2.47. The van der Waals surface area contributed by atoms with Gasteiger partial charge in [0, 0.05) is 0 Å². The topological polar surface area (TPSA) is 69.2 Å². The Morgan fingerprint density at radius 2 is 0.520 bits per heavy atom. The van der Waals surface area contributed by atoms with Crippen LogP contribution in [0.5, 0.6) is 0 Å². The fraction of sp³-hybridized carbons (Fsp3) is 1.00. The summed E-state index contributed by atoms with van der Waals surface area (Å²) >= 11 is 0. The monoisotopic (exact) mass is 430 g/mol. The molecule has 0 aromatic carbocycles. The van der Waals surface area contributed by atoms with Crippen LogP contribution >= 0.6 is 0 Å². The van der Waals surface area contributed by atoms with Crippen molar-refractivity contribution in [3.8, 4) is 0 Å². The van der Waals surface area contributed by atoms with Gasteiger partial charge in [0.1, 0.15) is 0 Å². The van der Waals surface area contributed by atoms with Crippen LogP contribution in [-0.2, 0) is 0 Å². The molecule has 0 rings (SSSR count). The van der Waals surface area contributed by atoms with Gasteiger partial charge in [-0.3, -0.25) is 7.32 Å². The van der Waals surface area contributed by atoms with Crippen molar-refractivity contribution in [2.45, 2.75) is 117 Å². The smallest absolute Gasteiger partial charge is 0.907 e. The molecular formula is C18H38BK3O3. The molecule has 0 N–H and O–H groups in total. The molecule has 0 aliphatic heterocycles. The van der Waals surface area contributed by atoms with E-state index in [0.29, 0.717) is 0 Å². The molecule has 0 bridgehead atoms. The Morgan fingerprint density at radius 1 is 0.400 bits per heavy atom. The molecule has 134 valence electrons. The maximum absolute atomic E-state index is 8.42. The van der Waals surface area contributed by atoms with Gasteiger partial charge in [-0.15, -0.1) is 0 Å². The Bertz CT molecular complexity index is 172. The van der Waals surface area contributed by atoms with E-state index in [1.807, 2.05) is 0 Å². The zero-order valence-electron chi connectivity index (χ0n) is 18.1. The SMILES string of the molecule is CCCCCCCCCCCCCCCCCC.[K+].[K+].[K+].[O-]B([O-])[O-]. The van der Waals surface area contributed by atoms with Crippen LogP contribution < -0.4 is 169 Å². The zero-order chi connectivity index (χ0) is 16.9. The van der Waals surface area contributed by atoms with Crippen LogP contribution in [0.2, 0.25) is 0 Å². The quantitative estimate of drug-likeness (QED) is 0.192. The van der Waals surface area contributed by atoms with Gasteiger partial charge in [-0.25, -0.2) is 0 Å². The summed E-state index contributed by atoms with van der Waals surface area (Å²) in [6.45, 7) is 4.59. The summed E-state index contributed by atoms with van der Waals surface area (Å²) < 4.78 is 0. The molecule has 0 spiro atoms. The number of rotatable bonds is 15. The third kappa shape index (κ3) is 52.8. The molecule has 0 aromatic rings. The molecule has 0 atom stereocenters. The van der Waals surface area contributed by atoms with E-state index in [-0.39, 0.29) is 154 Å². The van der Waals surface area contributed by atoms with Gasteiger partial charge in [0.2, 0.25) is 0 Å². The maximum atomic E-state index is 8.42. The molecule has 0 amide bonds. The van der Waals surface area contributed by atoms with Crippen LogP contribution in [0.15, 0.2) is 0 Å². The molecule has 0 aromatic heterocycles. The minimum Gasteiger partial charge on any atom is -0.907 e. The van der Waals surface area contributed by atoms with Gasteiger partial charge in [0.15, 0.2) is 0 Å². The van der Waals surface area contributed by atoms with Gasteiger partial charge in [-0.05, 0) is 0 Å². The number of hydrogen-bond donors (Lipinski definition) is 0. The first-order valence-corrected chi connectivity index (χ1v) is 9.62. The van der Waals surface area contributed by atoms with Gasteiger partial charge < -0.3 is 15.1 Å². The minimum absolute atomic E-state index is 0. The molecule has 0 fully saturated rings. The van der Waals surface area contributed by atoms with Gasteiger partial charge in [0.25, 0.3) is 0 Å². The van der Waals surface area contributed by atoms with E-state index >= 15 is 0 Å². The van der Waals surface area contributed by atoms with Crippen molar-refractivity contribution >= 4 is 7.32 Å². The predicted molar refractivity (Wildman–Crippen MR) is 91.0 cm³/mol. The zero-order valence-corrected chi connectivity index (χ0v) is 27.5. The third-order valence-electron chi connectivity index (χ3n) is 3.96. The van der Waals surface area contributed by atoms with Gasteiger partial charge in [0.05, 0.1) is 0 Å². The Labute approximate surface area is 286 Å². The fourth-order valence-corrected chi connectivity index (χ4v) is 2.62. The number of unbranched alkanes of at least 4 members (excludes halogenated alkanes) is 15. The molecule has 0 radical (unpaired) electrons. The van der Waals surface area contributed by atoms with Crippen molar-refractivity contribution < 1.29 is 169 Å². The summed E-state index contributed by atoms with van der Waals surface area (Å²) in [5.74, 6) is 0. The second-order valence-corrected chi connectivity index (χ2v) is 6.24. The third-order valence-corrected chi connectivity index (χ3v) is 3.96. The van der Waals surface area contributed by atoms with Crippen LogP contribution in [0.3, 0.4) is 0 Å². The van der Waals surface area contributed by atoms with E-state index in [9.17, 15) is 0 Å². The average molecular weight is 431 g/mol. The van der Waals surface area contributed by atoms with Crippen LogP contribution in [0.1, 0.15) is 117 Å². The molecule has 25 heavy (non-hydrogen) atoms. The summed E-state index contributed by atoms with van der Waals surface area (Å²) in [4.78, 5) is 0. The molecule has 0 heterocycles. The molecule has 7 heteroatoms. The maximum Gasteiger partial charge on any atom is 1.00 e. The van der Waals surface area contributed by atoms with Crippen LogP contribution in [0.25, 0.3) is 0 Å². The van der Waals surface area contributed by atoms with E-state index in [4.69, 9.17) is 15.1 Å². The first kappa shape index (κ1) is 40.2. The Balaban J connectivity index is -0.000000171. The van der Waals surface area contributed by atoms with Crippen LogP contribution in [0.4, 0.5) is 0 Å². The standard InChI is InChI=1S/C18H38.BO3.3K/c1-3-5-7-9-11-13-15-17-18-16-14-12-10-8-6-4-2;2-1(3)4;;;/h3-18H2,1-2H3;;;;/q;-3;3*+1. The molecule has 3 nitrogen and oxygen atoms in total. The molecule has 0 aliphatic rings. The summed E-state index contributed by atoms with van der Waals surface area (Å²) in [7, 11) is -2.92. The molecule has 0 aliphatic carbocycles. The molecular weight excluding hydrogens is 392 g/mol. The van der Waals surface area contributed by atoms with Gasteiger partial charge in [-0.2, -0.15) is 0 Å². The van der Waals surface area contributed by atoms with E-state index in [1.165, 1.54) is 103 Å². The van der Waals surface area contributed by atoms with E-state index in [0.717, 1.165) is 0 Å². The van der Waals surface area contributed by atoms with Crippen LogP contribution in [0, 0.1) is 0 Å². The Kier molecular flexibility index (Phi) is 63.3. The second-order valence-electron chi connectivity index (χ2n) is 6.24. The van der Waals surface area contributed by atoms with Crippen molar-refractivity contribution in [3.05, 3.63) is 0 Å². The largest absolute Gasteiger partial charge is 1.00 e. The van der Waals surface area contributed by atoms with Crippen molar-refractivity contribution in [3.63, 3.8) is 0 Å². The summed E-state index contributed by atoms with van der Waals surface area (Å²) in [5, 5.41) is 25.2. The first-order chi connectivity index (χ1) is 10.6. The van der Waals surface area contributed by atoms with Crippen molar-refractivity contribution in [1.82, 2.24) is 0 Å². The summed E-state index contributed by atoms with van der Waals surface area (Å²) in [5.41, 5.74) is 0. The molecule has 0 saturated heterocycles. The molecule has 0 saturated carbocycles. The van der Waals surface area contributed by atoms with E-state index < -0.39 is 7.32 Å². The summed E-state index contributed by atoms with van der Waals surface area (Å²) in [6, 6.07) is 0. The first-order valence-electron chi connectivity index (χ1n) is 9.62. The van der Waals surface area contributed by atoms with Crippen molar-refractivity contribution in [2.24, 2.45) is 0 Å². The van der Waals surface area contributed by atoms with Gasteiger partial charge in [-0.1, -0.05) is 117 Å². The van der Waals surface area contributed by atoms with Crippen LogP contribution in [-0.4, -0.2) is 7.32 Å². The predicted octanol–water partition coefficient (Wildman–Crippen LogP) is -5.67. The molecule has 0 unspecified atom stereocenters. The van der Waals surface area contributed by atoms with E-state index in [1.54, 1.807) is 0 Å². The van der Waals surface area contributed by atoms with Crippen molar-refractivity contribution in [2.75, 3.05) is 0 Å². The summed E-state index contributed by atoms with van der Waals surface area (Å²) in [6.07, 6.45) is 23.4. The Morgan fingerprint density at radius 3 is 0.640 bits per heavy atom. The number of hydrogen-bond acceptors (Lipinski definition) is 3. The van der Waals surface area contributed by atoms with Crippen molar-refractivity contribution in [1.29, 1.82) is 0 Å². The van der Waals surface area contributed by atoms with Gasteiger partial charge >= 0.3 is 154 Å². The minimum atomic E-state index is -2.92.